The molecule has 2 aromatic carbocycles. The summed E-state index contributed by atoms with van der Waals surface area (Å²) in [6.45, 7) is 2.48. The van der Waals surface area contributed by atoms with Crippen LogP contribution in [-0.4, -0.2) is 26.0 Å². The predicted molar refractivity (Wildman–Crippen MR) is 106 cm³/mol. The summed E-state index contributed by atoms with van der Waals surface area (Å²) in [5.41, 5.74) is 6.02. The van der Waals surface area contributed by atoms with Crippen LogP contribution in [-0.2, 0) is 6.54 Å². The van der Waals surface area contributed by atoms with Gasteiger partial charge in [-0.15, -0.1) is 0 Å². The molecule has 1 aliphatic heterocycles. The molecule has 0 spiro atoms. The van der Waals surface area contributed by atoms with Crippen LogP contribution in [0, 0.1) is 11.6 Å². The highest BCUT2D eigenvalue weighted by molar-refractivity contribution is 8.23. The fourth-order valence-corrected chi connectivity index (χ4v) is 5.42. The number of halogens is 3. The maximum Gasteiger partial charge on any atom is 0.151 e. The predicted octanol–water partition coefficient (Wildman–Crippen LogP) is 5.28. The van der Waals surface area contributed by atoms with Gasteiger partial charge in [-0.1, -0.05) is 17.7 Å². The topological polar surface area (TPSA) is 73.0 Å². The summed E-state index contributed by atoms with van der Waals surface area (Å²) in [4.78, 5) is 0. The van der Waals surface area contributed by atoms with Crippen molar-refractivity contribution in [2.75, 3.05) is 10.8 Å². The van der Waals surface area contributed by atoms with Crippen LogP contribution >= 0.6 is 22.6 Å². The molecule has 1 atom stereocenters. The van der Waals surface area contributed by atoms with Gasteiger partial charge in [-0.05, 0) is 73.2 Å². The lowest BCUT2D eigenvalue weighted by Crippen LogP contribution is -2.46. The van der Waals surface area contributed by atoms with Gasteiger partial charge in [0.25, 0.3) is 0 Å². The van der Waals surface area contributed by atoms with E-state index in [0.717, 1.165) is 16.4 Å². The standard InChI is InChI=1S/C18H22ClF2N3O2S/c1-12(4-3-9-22)23-11-13-10-14(19)7-8-17(13)24(27(23,25)26)18-15(20)5-2-6-16(18)21/h2,5-8,10,12,25-26H,3-4,9,11,22H2,1H3. The Morgan fingerprint density at radius 3 is 2.52 bits per heavy atom. The van der Waals surface area contributed by atoms with Gasteiger partial charge in [0.2, 0.25) is 0 Å². The van der Waals surface area contributed by atoms with E-state index in [0.29, 0.717) is 35.7 Å². The third-order valence-electron chi connectivity index (χ3n) is 4.60. The van der Waals surface area contributed by atoms with E-state index in [4.69, 9.17) is 17.3 Å². The van der Waals surface area contributed by atoms with E-state index in [1.54, 1.807) is 18.2 Å². The first kappa shape index (κ1) is 20.3. The lowest BCUT2D eigenvalue weighted by molar-refractivity contribution is 0.269. The first-order valence-corrected chi connectivity index (χ1v) is 10.4. The SMILES string of the molecule is CC(CCCN)N1Cc2cc(Cl)ccc2N(c2c(F)cccc2F)S1(O)O. The number of nitrogens with two attached hydrogens (primary N) is 1. The maximum atomic E-state index is 14.5. The number of hydrogen-bond donors (Lipinski definition) is 3. The molecule has 1 aliphatic rings. The third-order valence-corrected chi connectivity index (χ3v) is 6.83. The van der Waals surface area contributed by atoms with Crippen LogP contribution in [0.25, 0.3) is 0 Å². The third kappa shape index (κ3) is 3.78. The molecular weight excluding hydrogens is 396 g/mol. The molecule has 9 heteroatoms. The van der Waals surface area contributed by atoms with Gasteiger partial charge in [0.1, 0.15) is 5.69 Å². The zero-order chi connectivity index (χ0) is 19.8. The minimum absolute atomic E-state index is 0.191. The Morgan fingerprint density at radius 1 is 1.22 bits per heavy atom. The van der Waals surface area contributed by atoms with E-state index in [9.17, 15) is 17.9 Å². The second-order valence-electron chi connectivity index (χ2n) is 6.48. The molecule has 0 amide bonds. The van der Waals surface area contributed by atoms with E-state index >= 15 is 0 Å². The zero-order valence-corrected chi connectivity index (χ0v) is 16.4. The fraction of sp³-hybridized carbons (Fsp3) is 0.333. The Morgan fingerprint density at radius 2 is 1.89 bits per heavy atom. The molecule has 0 saturated heterocycles. The van der Waals surface area contributed by atoms with Crippen LogP contribution in [0.4, 0.5) is 20.2 Å². The summed E-state index contributed by atoms with van der Waals surface area (Å²) in [5.74, 6) is -1.76. The van der Waals surface area contributed by atoms with Gasteiger partial charge in [0.05, 0.1) is 5.69 Å². The second kappa shape index (κ2) is 7.90. The number of para-hydroxylation sites is 1. The molecular formula is C18H22ClF2N3O2S. The minimum atomic E-state index is -3.72. The molecule has 4 N–H and O–H groups in total. The summed E-state index contributed by atoms with van der Waals surface area (Å²) in [6.07, 6.45) is 1.29. The first-order valence-electron chi connectivity index (χ1n) is 8.55. The Labute approximate surface area is 164 Å². The van der Waals surface area contributed by atoms with Gasteiger partial charge in [0, 0.05) is 17.6 Å². The van der Waals surface area contributed by atoms with Crippen molar-refractivity contribution in [3.05, 3.63) is 58.6 Å². The summed E-state index contributed by atoms with van der Waals surface area (Å²) in [7, 11) is -3.72. The molecule has 27 heavy (non-hydrogen) atoms. The Hall–Kier alpha value is -1.42. The number of fused-ring (bicyclic) bond motifs is 1. The number of nitrogens with zero attached hydrogens (tertiary/aromatic N) is 2. The molecule has 0 fully saturated rings. The van der Waals surface area contributed by atoms with Crippen LogP contribution in [0.2, 0.25) is 5.02 Å². The molecule has 0 bridgehead atoms. The number of anilines is 2. The van der Waals surface area contributed by atoms with Crippen LogP contribution < -0.4 is 10.0 Å². The molecule has 1 unspecified atom stereocenters. The molecule has 0 saturated carbocycles. The molecule has 0 aromatic heterocycles. The van der Waals surface area contributed by atoms with E-state index in [1.807, 2.05) is 6.92 Å². The molecule has 148 valence electrons. The van der Waals surface area contributed by atoms with Crippen molar-refractivity contribution in [3.63, 3.8) is 0 Å². The minimum Gasteiger partial charge on any atom is -0.330 e. The quantitative estimate of drug-likeness (QED) is 0.617. The van der Waals surface area contributed by atoms with Crippen molar-refractivity contribution in [2.45, 2.75) is 32.4 Å². The highest BCUT2D eigenvalue weighted by atomic mass is 35.5. The van der Waals surface area contributed by atoms with Crippen molar-refractivity contribution in [3.8, 4) is 0 Å². The molecule has 0 radical (unpaired) electrons. The summed E-state index contributed by atoms with van der Waals surface area (Å²) < 4.78 is 53.6. The van der Waals surface area contributed by atoms with Gasteiger partial charge < -0.3 is 5.73 Å². The van der Waals surface area contributed by atoms with Gasteiger partial charge in [-0.3, -0.25) is 9.11 Å². The lowest BCUT2D eigenvalue weighted by atomic mass is 10.1. The fourth-order valence-electron chi connectivity index (χ4n) is 3.25. The molecule has 2 aromatic rings. The molecule has 1 heterocycles. The maximum absolute atomic E-state index is 14.5. The molecule has 0 aliphatic carbocycles. The highest BCUT2D eigenvalue weighted by Crippen LogP contribution is 2.60. The summed E-state index contributed by atoms with van der Waals surface area (Å²) >= 11 is 6.09. The van der Waals surface area contributed by atoms with Crippen molar-refractivity contribution in [1.82, 2.24) is 4.31 Å². The Kier molecular flexibility index (Phi) is 5.95. The molecule has 3 rings (SSSR count). The number of rotatable bonds is 5. The largest absolute Gasteiger partial charge is 0.330 e. The van der Waals surface area contributed by atoms with Crippen molar-refractivity contribution >= 4 is 33.9 Å². The van der Waals surface area contributed by atoms with E-state index in [-0.39, 0.29) is 12.6 Å². The zero-order valence-electron chi connectivity index (χ0n) is 14.8. The van der Waals surface area contributed by atoms with Crippen molar-refractivity contribution in [1.29, 1.82) is 0 Å². The van der Waals surface area contributed by atoms with E-state index in [1.165, 1.54) is 10.4 Å². The average molecular weight is 418 g/mol. The smallest absolute Gasteiger partial charge is 0.151 e. The van der Waals surface area contributed by atoms with Crippen LogP contribution in [0.5, 0.6) is 0 Å². The second-order valence-corrected chi connectivity index (χ2v) is 8.73. The summed E-state index contributed by atoms with van der Waals surface area (Å²) in [6, 6.07) is 7.88. The first-order chi connectivity index (χ1) is 12.8. The van der Waals surface area contributed by atoms with Gasteiger partial charge >= 0.3 is 0 Å². The monoisotopic (exact) mass is 417 g/mol. The van der Waals surface area contributed by atoms with Crippen molar-refractivity contribution in [2.24, 2.45) is 5.73 Å². The van der Waals surface area contributed by atoms with Crippen LogP contribution in [0.1, 0.15) is 25.3 Å². The number of benzene rings is 2. The van der Waals surface area contributed by atoms with Crippen molar-refractivity contribution < 1.29 is 17.9 Å². The summed E-state index contributed by atoms with van der Waals surface area (Å²) in [5, 5.41) is 0.454. The lowest BCUT2D eigenvalue weighted by Gasteiger charge is -2.55. The van der Waals surface area contributed by atoms with Crippen LogP contribution in [0.15, 0.2) is 36.4 Å². The number of hydrogen-bond acceptors (Lipinski definition) is 5. The van der Waals surface area contributed by atoms with Crippen LogP contribution in [0.3, 0.4) is 0 Å². The van der Waals surface area contributed by atoms with Gasteiger partial charge in [-0.2, -0.15) is 4.31 Å². The normalized spacial score (nSPS) is 18.9. The Bertz CT molecular complexity index is 820. The van der Waals surface area contributed by atoms with Gasteiger partial charge in [-0.25, -0.2) is 13.1 Å². The van der Waals surface area contributed by atoms with Gasteiger partial charge in [0.15, 0.2) is 11.6 Å². The molecule has 5 nitrogen and oxygen atoms in total. The van der Waals surface area contributed by atoms with E-state index in [2.05, 4.69) is 0 Å². The average Bonchev–Trinajstić information content (AvgIpc) is 2.60. The highest BCUT2D eigenvalue weighted by Gasteiger charge is 2.42. The Balaban J connectivity index is 2.17. The van der Waals surface area contributed by atoms with E-state index < -0.39 is 28.3 Å².